The number of carbonyl (C=O) groups is 1. The van der Waals surface area contributed by atoms with E-state index in [2.05, 4.69) is 5.32 Å². The minimum atomic E-state index is -0.945. The number of nitrogens with one attached hydrogen (secondary N) is 1. The van der Waals surface area contributed by atoms with Gasteiger partial charge in [-0.1, -0.05) is 60.7 Å². The van der Waals surface area contributed by atoms with Crippen LogP contribution in [0, 0.1) is 0 Å². The number of carboxylic acid groups (broad SMARTS) is 1. The first kappa shape index (κ1) is 20.8. The van der Waals surface area contributed by atoms with E-state index < -0.39 is 23.9 Å². The van der Waals surface area contributed by atoms with Gasteiger partial charge in [-0.05, 0) is 29.5 Å². The molecule has 3 atom stereocenters. The first-order valence-electron chi connectivity index (χ1n) is 9.14. The summed E-state index contributed by atoms with van der Waals surface area (Å²) >= 11 is 1.14. The number of aliphatic hydroxyl groups is 2. The van der Waals surface area contributed by atoms with Gasteiger partial charge in [-0.3, -0.25) is 4.79 Å². The lowest BCUT2D eigenvalue weighted by Gasteiger charge is -2.25. The lowest BCUT2D eigenvalue weighted by atomic mass is 10.1. The molecule has 0 aliphatic carbocycles. The fourth-order valence-corrected chi connectivity index (χ4v) is 4.06. The quantitative estimate of drug-likeness (QED) is 0.465. The van der Waals surface area contributed by atoms with Gasteiger partial charge in [0.25, 0.3) is 0 Å². The second-order valence-electron chi connectivity index (χ2n) is 6.61. The summed E-state index contributed by atoms with van der Waals surface area (Å²) in [6, 6.07) is 18.4. The van der Waals surface area contributed by atoms with Crippen molar-refractivity contribution in [3.8, 4) is 0 Å². The summed E-state index contributed by atoms with van der Waals surface area (Å²) in [5.74, 6) is -0.913. The molecule has 3 rings (SSSR count). The fraction of sp³-hybridized carbons (Fsp3) is 0.350. The summed E-state index contributed by atoms with van der Waals surface area (Å²) in [6.07, 6.45) is -0.561. The number of benzene rings is 2. The average Bonchev–Trinajstić information content (AvgIpc) is 2.96. The summed E-state index contributed by atoms with van der Waals surface area (Å²) < 4.78 is 1.65. The van der Waals surface area contributed by atoms with E-state index >= 15 is 0 Å². The molecule has 1 heterocycles. The maximum absolute atomic E-state index is 11.5. The van der Waals surface area contributed by atoms with Crippen LogP contribution in [0.5, 0.6) is 0 Å². The Labute approximate surface area is 168 Å². The van der Waals surface area contributed by atoms with Gasteiger partial charge >= 0.3 is 5.97 Å². The Balaban J connectivity index is 1.50. The SMILES string of the molecule is O=C(O)[C@H](Cc1ccccc1)NCCN1SC(O)N(Cc2ccccc2)C1O. The zero-order valence-corrected chi connectivity index (χ0v) is 16.2. The van der Waals surface area contributed by atoms with Gasteiger partial charge < -0.3 is 20.6 Å². The highest BCUT2D eigenvalue weighted by molar-refractivity contribution is 7.97. The number of carboxylic acids is 1. The highest BCUT2D eigenvalue weighted by atomic mass is 32.2. The lowest BCUT2D eigenvalue weighted by Crippen LogP contribution is -2.44. The van der Waals surface area contributed by atoms with Crippen LogP contribution >= 0.6 is 11.9 Å². The number of rotatable bonds is 9. The fourth-order valence-electron chi connectivity index (χ4n) is 3.08. The second-order valence-corrected chi connectivity index (χ2v) is 7.71. The van der Waals surface area contributed by atoms with Crippen LogP contribution in [0.25, 0.3) is 0 Å². The maximum atomic E-state index is 11.5. The van der Waals surface area contributed by atoms with Crippen molar-refractivity contribution in [2.24, 2.45) is 0 Å². The Morgan fingerprint density at radius 1 is 1.04 bits per heavy atom. The molecule has 0 amide bonds. The monoisotopic (exact) mass is 403 g/mol. The van der Waals surface area contributed by atoms with Gasteiger partial charge in [0.05, 0.1) is 0 Å². The summed E-state index contributed by atoms with van der Waals surface area (Å²) in [7, 11) is 0. The third kappa shape index (κ3) is 5.54. The normalized spacial score (nSPS) is 21.6. The molecule has 1 aliphatic rings. The maximum Gasteiger partial charge on any atom is 0.321 e. The Morgan fingerprint density at radius 2 is 1.64 bits per heavy atom. The molecule has 0 aromatic heterocycles. The summed E-state index contributed by atoms with van der Waals surface area (Å²) in [6.45, 7) is 1.19. The van der Waals surface area contributed by atoms with E-state index in [1.54, 1.807) is 9.21 Å². The number of nitrogens with zero attached hydrogens (tertiary/aromatic N) is 2. The molecule has 8 heteroatoms. The third-order valence-corrected chi connectivity index (χ3v) is 5.68. The number of hydrogen-bond acceptors (Lipinski definition) is 7. The molecule has 150 valence electrons. The first-order chi connectivity index (χ1) is 13.5. The summed E-state index contributed by atoms with van der Waals surface area (Å²) in [4.78, 5) is 13.1. The molecule has 28 heavy (non-hydrogen) atoms. The van der Waals surface area contributed by atoms with E-state index in [4.69, 9.17) is 0 Å². The van der Waals surface area contributed by atoms with Gasteiger partial charge in [-0.25, -0.2) is 9.21 Å². The van der Waals surface area contributed by atoms with Crippen molar-refractivity contribution in [3.05, 3.63) is 71.8 Å². The van der Waals surface area contributed by atoms with Crippen molar-refractivity contribution in [1.82, 2.24) is 14.5 Å². The smallest absolute Gasteiger partial charge is 0.321 e. The van der Waals surface area contributed by atoms with Crippen LogP contribution in [0.3, 0.4) is 0 Å². The third-order valence-electron chi connectivity index (χ3n) is 4.58. The molecular formula is C20H25N3O4S. The van der Waals surface area contributed by atoms with E-state index in [-0.39, 0.29) is 0 Å². The molecule has 1 fully saturated rings. The van der Waals surface area contributed by atoms with Crippen molar-refractivity contribution < 1.29 is 20.1 Å². The molecule has 0 saturated carbocycles. The van der Waals surface area contributed by atoms with Crippen LogP contribution in [0.4, 0.5) is 0 Å². The van der Waals surface area contributed by atoms with Crippen molar-refractivity contribution in [1.29, 1.82) is 0 Å². The minimum absolute atomic E-state index is 0.375. The average molecular weight is 404 g/mol. The molecule has 4 N–H and O–H groups in total. The van der Waals surface area contributed by atoms with Crippen LogP contribution in [-0.2, 0) is 17.8 Å². The Hall–Kier alpha value is -1.94. The van der Waals surface area contributed by atoms with Crippen LogP contribution in [0.15, 0.2) is 60.7 Å². The van der Waals surface area contributed by atoms with Gasteiger partial charge in [-0.15, -0.1) is 0 Å². The summed E-state index contributed by atoms with van der Waals surface area (Å²) in [5.41, 5.74) is 1.09. The van der Waals surface area contributed by atoms with Crippen LogP contribution in [0.2, 0.25) is 0 Å². The highest BCUT2D eigenvalue weighted by Crippen LogP contribution is 2.32. The van der Waals surface area contributed by atoms with Gasteiger partial charge in [0.2, 0.25) is 0 Å². The van der Waals surface area contributed by atoms with Crippen LogP contribution < -0.4 is 5.32 Å². The Morgan fingerprint density at radius 3 is 2.25 bits per heavy atom. The largest absolute Gasteiger partial charge is 0.480 e. The lowest BCUT2D eigenvalue weighted by molar-refractivity contribution is -0.139. The van der Waals surface area contributed by atoms with Crippen molar-refractivity contribution in [2.75, 3.05) is 13.1 Å². The van der Waals surface area contributed by atoms with E-state index in [9.17, 15) is 20.1 Å². The Bertz CT molecular complexity index is 750. The van der Waals surface area contributed by atoms with Gasteiger partial charge in [0.1, 0.15) is 6.04 Å². The van der Waals surface area contributed by atoms with Gasteiger partial charge in [0.15, 0.2) is 11.9 Å². The topological polar surface area (TPSA) is 96.3 Å². The Kier molecular flexibility index (Phi) is 7.43. The molecule has 2 unspecified atom stereocenters. The van der Waals surface area contributed by atoms with Gasteiger partial charge in [0, 0.05) is 19.6 Å². The molecule has 1 aliphatic heterocycles. The summed E-state index contributed by atoms with van der Waals surface area (Å²) in [5, 5.41) is 33.2. The van der Waals surface area contributed by atoms with Crippen LogP contribution in [0.1, 0.15) is 11.1 Å². The first-order valence-corrected chi connectivity index (χ1v) is 9.97. The molecule has 2 aromatic rings. The zero-order chi connectivity index (χ0) is 19.9. The molecule has 0 bridgehead atoms. The number of aliphatic carboxylic acids is 1. The standard InChI is InChI=1S/C20H25N3O4S/c24-18(25)17(13-15-7-3-1-4-8-15)21-11-12-23-19(26)22(20(27)28-23)14-16-9-5-2-6-10-16/h1-10,17,19-21,26-27H,11-14H2,(H,24,25)/t17-,19?,20?/m0/s1. The highest BCUT2D eigenvalue weighted by Gasteiger charge is 2.38. The number of hydrogen-bond donors (Lipinski definition) is 4. The molecule has 0 spiro atoms. The van der Waals surface area contributed by atoms with E-state index in [1.165, 1.54) is 0 Å². The van der Waals surface area contributed by atoms with Crippen molar-refractivity contribution >= 4 is 17.9 Å². The van der Waals surface area contributed by atoms with E-state index in [1.807, 2.05) is 60.7 Å². The van der Waals surface area contributed by atoms with Crippen LogP contribution in [-0.4, -0.2) is 61.5 Å². The molecule has 2 aromatic carbocycles. The molecular weight excluding hydrogens is 378 g/mol. The van der Waals surface area contributed by atoms with E-state index in [0.29, 0.717) is 26.1 Å². The zero-order valence-electron chi connectivity index (χ0n) is 15.4. The molecule has 7 nitrogen and oxygen atoms in total. The predicted octanol–water partition coefficient (Wildman–Crippen LogP) is 1.29. The second kappa shape index (κ2) is 10.0. The number of aliphatic hydroxyl groups excluding tert-OH is 2. The molecule has 0 radical (unpaired) electrons. The van der Waals surface area contributed by atoms with E-state index in [0.717, 1.165) is 23.1 Å². The minimum Gasteiger partial charge on any atom is -0.480 e. The van der Waals surface area contributed by atoms with Gasteiger partial charge in [-0.2, -0.15) is 0 Å². The van der Waals surface area contributed by atoms with Crippen molar-refractivity contribution in [2.45, 2.75) is 30.9 Å². The predicted molar refractivity (Wildman–Crippen MR) is 108 cm³/mol. The van der Waals surface area contributed by atoms with Crippen molar-refractivity contribution in [3.63, 3.8) is 0 Å². The molecule has 1 saturated heterocycles.